The van der Waals surface area contributed by atoms with Gasteiger partial charge in [0.25, 0.3) is 0 Å². The quantitative estimate of drug-likeness (QED) is 0.911. The molecule has 1 saturated heterocycles. The number of nitrogens with zero attached hydrogens (tertiary/aromatic N) is 3. The molecule has 0 spiro atoms. The number of hydrogen-bond acceptors (Lipinski definition) is 3. The van der Waals surface area contributed by atoms with E-state index in [9.17, 15) is 14.7 Å². The van der Waals surface area contributed by atoms with E-state index in [1.807, 2.05) is 26.8 Å². The van der Waals surface area contributed by atoms with Gasteiger partial charge in [0.1, 0.15) is 0 Å². The van der Waals surface area contributed by atoms with Crippen molar-refractivity contribution in [3.05, 3.63) is 24.0 Å². The van der Waals surface area contributed by atoms with Crippen LogP contribution in [-0.2, 0) is 4.79 Å². The summed E-state index contributed by atoms with van der Waals surface area (Å²) >= 11 is 0. The third kappa shape index (κ3) is 3.21. The first-order valence-electron chi connectivity index (χ1n) is 7.43. The maximum absolute atomic E-state index is 12.0. The number of hydrogen-bond donors (Lipinski definition) is 1. The van der Waals surface area contributed by atoms with E-state index in [1.54, 1.807) is 24.3 Å². The predicted molar refractivity (Wildman–Crippen MR) is 84.1 cm³/mol. The van der Waals surface area contributed by atoms with Crippen LogP contribution >= 0.6 is 0 Å². The Bertz CT molecular complexity index is 580. The zero-order valence-corrected chi connectivity index (χ0v) is 13.5. The molecule has 1 aromatic heterocycles. The molecule has 0 bridgehead atoms. The van der Waals surface area contributed by atoms with Gasteiger partial charge in [0, 0.05) is 31.7 Å². The molecule has 0 aliphatic carbocycles. The summed E-state index contributed by atoms with van der Waals surface area (Å²) in [6.07, 6.45) is 3.46. The largest absolute Gasteiger partial charge is 0.465 e. The molecular weight excluding hydrogens is 282 g/mol. The monoisotopic (exact) mass is 305 g/mol. The fourth-order valence-corrected chi connectivity index (χ4v) is 2.89. The molecule has 1 unspecified atom stereocenters. The normalized spacial score (nSPS) is 19.2. The highest BCUT2D eigenvalue weighted by molar-refractivity contribution is 5.89. The van der Waals surface area contributed by atoms with Gasteiger partial charge < -0.3 is 10.0 Å². The van der Waals surface area contributed by atoms with Crippen LogP contribution in [0, 0.1) is 0 Å². The Morgan fingerprint density at radius 2 is 2.14 bits per heavy atom. The van der Waals surface area contributed by atoms with Crippen molar-refractivity contribution in [2.75, 3.05) is 18.5 Å². The molecule has 1 N–H and O–H groups in total. The molecule has 0 radical (unpaired) electrons. The Hall–Kier alpha value is -2.11. The molecule has 2 amide bonds. The maximum Gasteiger partial charge on any atom is 0.412 e. The second kappa shape index (κ2) is 5.94. The molecule has 1 aliphatic rings. The summed E-state index contributed by atoms with van der Waals surface area (Å²) in [6, 6.07) is 1.83. The van der Waals surface area contributed by atoms with Crippen molar-refractivity contribution >= 4 is 17.7 Å². The zero-order chi connectivity index (χ0) is 16.5. The van der Waals surface area contributed by atoms with Crippen molar-refractivity contribution in [2.45, 2.75) is 45.1 Å². The van der Waals surface area contributed by atoms with Crippen LogP contribution in [0.25, 0.3) is 0 Å². The van der Waals surface area contributed by atoms with Gasteiger partial charge in [-0.05, 0) is 44.7 Å². The van der Waals surface area contributed by atoms with Crippen molar-refractivity contribution in [3.8, 4) is 0 Å². The smallest absolute Gasteiger partial charge is 0.412 e. The topological polar surface area (TPSA) is 73.7 Å². The number of likely N-dealkylation sites (tertiary alicyclic amines) is 1. The van der Waals surface area contributed by atoms with Crippen molar-refractivity contribution in [1.29, 1.82) is 0 Å². The van der Waals surface area contributed by atoms with E-state index in [0.29, 0.717) is 18.7 Å². The Balaban J connectivity index is 2.42. The van der Waals surface area contributed by atoms with Crippen molar-refractivity contribution < 1.29 is 14.7 Å². The van der Waals surface area contributed by atoms with Gasteiger partial charge in [-0.1, -0.05) is 0 Å². The summed E-state index contributed by atoms with van der Waals surface area (Å²) in [5.41, 5.74) is 0.873. The lowest BCUT2D eigenvalue weighted by Gasteiger charge is -2.36. The fraction of sp³-hybridized carbons (Fsp3) is 0.562. The number of rotatable bonds is 2. The summed E-state index contributed by atoms with van der Waals surface area (Å²) in [6.45, 7) is 6.22. The molecule has 1 fully saturated rings. The number of pyridine rings is 1. The molecule has 2 heterocycles. The summed E-state index contributed by atoms with van der Waals surface area (Å²) in [5, 5.41) is 9.60. The highest BCUT2D eigenvalue weighted by Gasteiger charge is 2.33. The van der Waals surface area contributed by atoms with E-state index < -0.39 is 11.6 Å². The van der Waals surface area contributed by atoms with Crippen molar-refractivity contribution in [3.63, 3.8) is 0 Å². The zero-order valence-electron chi connectivity index (χ0n) is 13.5. The average molecular weight is 305 g/mol. The SMILES string of the molecule is CN1CCC(c2ccncc2N(C(=O)O)C(C)(C)C)CC1=O. The second-order valence-corrected chi connectivity index (χ2v) is 6.73. The first kappa shape index (κ1) is 16.3. The first-order valence-corrected chi connectivity index (χ1v) is 7.43. The van der Waals surface area contributed by atoms with Crippen LogP contribution in [0.5, 0.6) is 0 Å². The molecule has 6 nitrogen and oxygen atoms in total. The van der Waals surface area contributed by atoms with Crippen LogP contribution < -0.4 is 4.90 Å². The molecule has 0 saturated carbocycles. The van der Waals surface area contributed by atoms with E-state index in [-0.39, 0.29) is 11.8 Å². The number of amides is 2. The van der Waals surface area contributed by atoms with Gasteiger partial charge in [-0.3, -0.25) is 14.7 Å². The third-order valence-corrected chi connectivity index (χ3v) is 4.04. The van der Waals surface area contributed by atoms with E-state index in [4.69, 9.17) is 0 Å². The molecule has 22 heavy (non-hydrogen) atoms. The lowest BCUT2D eigenvalue weighted by atomic mass is 9.88. The summed E-state index contributed by atoms with van der Waals surface area (Å²) in [5.74, 6) is 0.127. The highest BCUT2D eigenvalue weighted by atomic mass is 16.4. The van der Waals surface area contributed by atoms with E-state index in [2.05, 4.69) is 4.98 Å². The molecule has 2 rings (SSSR count). The van der Waals surface area contributed by atoms with Gasteiger partial charge in [0.05, 0.1) is 11.9 Å². The Morgan fingerprint density at radius 1 is 1.45 bits per heavy atom. The summed E-state index contributed by atoms with van der Waals surface area (Å²) < 4.78 is 0. The standard InChI is InChI=1S/C16H23N3O3/c1-16(2,3)19(15(21)22)13-10-17-7-5-12(13)11-6-8-18(4)14(20)9-11/h5,7,10-11H,6,8-9H2,1-4H3,(H,21,22). The van der Waals surface area contributed by atoms with Crippen LogP contribution in [0.1, 0.15) is 45.1 Å². The van der Waals surface area contributed by atoms with Crippen molar-refractivity contribution in [1.82, 2.24) is 9.88 Å². The lowest BCUT2D eigenvalue weighted by molar-refractivity contribution is -0.132. The molecule has 0 aromatic carbocycles. The molecule has 120 valence electrons. The Kier molecular flexibility index (Phi) is 4.39. The maximum atomic E-state index is 12.0. The minimum atomic E-state index is -1.01. The molecule has 6 heteroatoms. The minimum Gasteiger partial charge on any atom is -0.465 e. The van der Waals surface area contributed by atoms with Crippen LogP contribution in [0.2, 0.25) is 0 Å². The number of anilines is 1. The molecular formula is C16H23N3O3. The predicted octanol–water partition coefficient (Wildman–Crippen LogP) is 2.70. The summed E-state index contributed by atoms with van der Waals surface area (Å²) in [4.78, 5) is 30.8. The van der Waals surface area contributed by atoms with Gasteiger partial charge in [0.2, 0.25) is 5.91 Å². The van der Waals surface area contributed by atoms with Crippen LogP contribution in [0.3, 0.4) is 0 Å². The second-order valence-electron chi connectivity index (χ2n) is 6.73. The Labute approximate surface area is 130 Å². The van der Waals surface area contributed by atoms with Gasteiger partial charge in [-0.2, -0.15) is 0 Å². The van der Waals surface area contributed by atoms with Gasteiger partial charge in [0.15, 0.2) is 0 Å². The first-order chi connectivity index (χ1) is 10.2. The van der Waals surface area contributed by atoms with Crippen LogP contribution in [0.4, 0.5) is 10.5 Å². The highest BCUT2D eigenvalue weighted by Crippen LogP contribution is 2.36. The molecule has 1 atom stereocenters. The fourth-order valence-electron chi connectivity index (χ4n) is 2.89. The Morgan fingerprint density at radius 3 is 2.68 bits per heavy atom. The lowest BCUT2D eigenvalue weighted by Crippen LogP contribution is -2.46. The van der Waals surface area contributed by atoms with Crippen LogP contribution in [0.15, 0.2) is 18.5 Å². The van der Waals surface area contributed by atoms with Gasteiger partial charge >= 0.3 is 6.09 Å². The number of carbonyl (C=O) groups excluding carboxylic acids is 1. The molecule has 1 aliphatic heterocycles. The molecule has 1 aromatic rings. The minimum absolute atomic E-state index is 0.0332. The number of carbonyl (C=O) groups is 2. The van der Waals surface area contributed by atoms with Crippen LogP contribution in [-0.4, -0.2) is 46.1 Å². The van der Waals surface area contributed by atoms with Gasteiger partial charge in [-0.25, -0.2) is 4.79 Å². The third-order valence-electron chi connectivity index (χ3n) is 4.04. The summed E-state index contributed by atoms with van der Waals surface area (Å²) in [7, 11) is 1.80. The van der Waals surface area contributed by atoms with E-state index in [1.165, 1.54) is 4.90 Å². The number of aromatic nitrogens is 1. The van der Waals surface area contributed by atoms with E-state index >= 15 is 0 Å². The van der Waals surface area contributed by atoms with Gasteiger partial charge in [-0.15, -0.1) is 0 Å². The number of piperidine rings is 1. The van der Waals surface area contributed by atoms with E-state index in [0.717, 1.165) is 12.0 Å². The van der Waals surface area contributed by atoms with Crippen molar-refractivity contribution in [2.24, 2.45) is 0 Å². The average Bonchev–Trinajstić information content (AvgIpc) is 2.40. The number of carboxylic acid groups (broad SMARTS) is 1.